The first kappa shape index (κ1) is 22.1. The SMILES string of the molecule is c1ccc(-c2cnc(-c3c4ccccc4c(-c4ccccc4)c4ccc(-c5ccccc5)cc34)nc2)cc1. The molecule has 0 amide bonds. The van der Waals surface area contributed by atoms with Gasteiger partial charge in [0.05, 0.1) is 0 Å². The van der Waals surface area contributed by atoms with Crippen molar-refractivity contribution >= 4 is 21.5 Å². The van der Waals surface area contributed by atoms with Gasteiger partial charge >= 0.3 is 0 Å². The fourth-order valence-electron chi connectivity index (χ4n) is 5.38. The van der Waals surface area contributed by atoms with Crippen molar-refractivity contribution in [1.29, 1.82) is 0 Å². The van der Waals surface area contributed by atoms with Crippen LogP contribution in [-0.2, 0) is 0 Å². The summed E-state index contributed by atoms with van der Waals surface area (Å²) in [6.07, 6.45) is 3.87. The molecule has 1 aromatic heterocycles. The normalized spacial score (nSPS) is 11.2. The van der Waals surface area contributed by atoms with E-state index in [0.29, 0.717) is 0 Å². The Balaban J connectivity index is 1.55. The first-order valence-corrected chi connectivity index (χ1v) is 12.8. The lowest BCUT2D eigenvalue weighted by atomic mass is 9.86. The zero-order chi connectivity index (χ0) is 25.3. The lowest BCUT2D eigenvalue weighted by Gasteiger charge is -2.18. The van der Waals surface area contributed by atoms with Gasteiger partial charge in [-0.2, -0.15) is 0 Å². The van der Waals surface area contributed by atoms with Crippen molar-refractivity contribution in [3.63, 3.8) is 0 Å². The van der Waals surface area contributed by atoms with Gasteiger partial charge in [-0.1, -0.05) is 127 Å². The molecular weight excluding hydrogens is 460 g/mol. The molecule has 0 aliphatic heterocycles. The monoisotopic (exact) mass is 484 g/mol. The molecule has 2 heteroatoms. The smallest absolute Gasteiger partial charge is 0.160 e. The van der Waals surface area contributed by atoms with Crippen LogP contribution in [-0.4, -0.2) is 9.97 Å². The number of aromatic nitrogens is 2. The molecule has 0 fully saturated rings. The minimum absolute atomic E-state index is 0.732. The van der Waals surface area contributed by atoms with Crippen molar-refractivity contribution in [3.05, 3.63) is 146 Å². The highest BCUT2D eigenvalue weighted by atomic mass is 14.9. The van der Waals surface area contributed by atoms with Crippen molar-refractivity contribution in [3.8, 4) is 44.8 Å². The quantitative estimate of drug-likeness (QED) is 0.233. The summed E-state index contributed by atoms with van der Waals surface area (Å²) >= 11 is 0. The molecule has 0 saturated carbocycles. The van der Waals surface area contributed by atoms with Crippen LogP contribution in [0.25, 0.3) is 66.3 Å². The van der Waals surface area contributed by atoms with Gasteiger partial charge in [-0.25, -0.2) is 9.97 Å². The highest BCUT2D eigenvalue weighted by molar-refractivity contribution is 6.21. The molecule has 0 N–H and O–H groups in total. The van der Waals surface area contributed by atoms with Crippen molar-refractivity contribution in [2.45, 2.75) is 0 Å². The molecule has 0 aliphatic rings. The third-order valence-electron chi connectivity index (χ3n) is 7.18. The highest BCUT2D eigenvalue weighted by Crippen LogP contribution is 2.44. The molecular formula is C36H24N2. The van der Waals surface area contributed by atoms with E-state index in [9.17, 15) is 0 Å². The Bertz CT molecular complexity index is 1880. The van der Waals surface area contributed by atoms with E-state index in [1.165, 1.54) is 33.0 Å². The number of fused-ring (bicyclic) bond motifs is 2. The lowest BCUT2D eigenvalue weighted by Crippen LogP contribution is -1.95. The molecule has 0 spiro atoms. The van der Waals surface area contributed by atoms with E-state index >= 15 is 0 Å². The summed E-state index contributed by atoms with van der Waals surface area (Å²) in [6, 6.07) is 46.9. The molecule has 0 radical (unpaired) electrons. The summed E-state index contributed by atoms with van der Waals surface area (Å²) < 4.78 is 0. The van der Waals surface area contributed by atoms with Crippen LogP contribution in [0.1, 0.15) is 0 Å². The molecule has 0 aliphatic carbocycles. The Morgan fingerprint density at radius 1 is 0.316 bits per heavy atom. The van der Waals surface area contributed by atoms with Crippen molar-refractivity contribution in [2.24, 2.45) is 0 Å². The van der Waals surface area contributed by atoms with Gasteiger partial charge in [0, 0.05) is 23.5 Å². The number of benzene rings is 6. The molecule has 7 rings (SSSR count). The molecule has 2 nitrogen and oxygen atoms in total. The summed E-state index contributed by atoms with van der Waals surface area (Å²) in [6.45, 7) is 0. The van der Waals surface area contributed by atoms with E-state index in [-0.39, 0.29) is 0 Å². The average molecular weight is 485 g/mol. The zero-order valence-electron chi connectivity index (χ0n) is 20.8. The van der Waals surface area contributed by atoms with Crippen molar-refractivity contribution in [2.75, 3.05) is 0 Å². The van der Waals surface area contributed by atoms with Gasteiger partial charge in [-0.15, -0.1) is 0 Å². The van der Waals surface area contributed by atoms with Crippen LogP contribution in [0.3, 0.4) is 0 Å². The second-order valence-electron chi connectivity index (χ2n) is 9.45. The summed E-state index contributed by atoms with van der Waals surface area (Å²) in [5.74, 6) is 0.732. The summed E-state index contributed by atoms with van der Waals surface area (Å²) in [4.78, 5) is 9.84. The maximum Gasteiger partial charge on any atom is 0.160 e. The van der Waals surface area contributed by atoms with Crippen LogP contribution in [0.2, 0.25) is 0 Å². The zero-order valence-corrected chi connectivity index (χ0v) is 20.8. The van der Waals surface area contributed by atoms with E-state index in [1.807, 2.05) is 30.6 Å². The van der Waals surface area contributed by atoms with Crippen LogP contribution in [0, 0.1) is 0 Å². The standard InChI is InChI=1S/C36H24N2/c1-4-12-25(13-5-1)28-20-21-32-33(22-28)35(36-37-23-29(24-38-36)26-14-6-2-7-15-26)31-19-11-10-18-30(31)34(32)27-16-8-3-9-17-27/h1-24H. The summed E-state index contributed by atoms with van der Waals surface area (Å²) in [5, 5.41) is 4.69. The maximum atomic E-state index is 4.92. The molecule has 0 unspecified atom stereocenters. The van der Waals surface area contributed by atoms with Gasteiger partial charge in [0.2, 0.25) is 0 Å². The average Bonchev–Trinajstić information content (AvgIpc) is 3.01. The van der Waals surface area contributed by atoms with E-state index in [1.54, 1.807) is 0 Å². The third kappa shape index (κ3) is 3.84. The Morgan fingerprint density at radius 2 is 0.789 bits per heavy atom. The Kier molecular flexibility index (Phi) is 5.49. The molecule has 178 valence electrons. The predicted octanol–water partition coefficient (Wildman–Crippen LogP) is 9.45. The molecule has 6 aromatic carbocycles. The molecule has 7 aromatic rings. The van der Waals surface area contributed by atoms with Crippen molar-refractivity contribution in [1.82, 2.24) is 9.97 Å². The van der Waals surface area contributed by atoms with Crippen LogP contribution in [0.5, 0.6) is 0 Å². The Labute approximate surface area is 221 Å². The van der Waals surface area contributed by atoms with Gasteiger partial charge in [-0.3, -0.25) is 0 Å². The van der Waals surface area contributed by atoms with Gasteiger partial charge in [0.15, 0.2) is 5.82 Å². The number of nitrogens with zero attached hydrogens (tertiary/aromatic N) is 2. The second kappa shape index (κ2) is 9.42. The molecule has 0 bridgehead atoms. The minimum Gasteiger partial charge on any atom is -0.236 e. The highest BCUT2D eigenvalue weighted by Gasteiger charge is 2.18. The van der Waals surface area contributed by atoms with Crippen LogP contribution in [0.15, 0.2) is 146 Å². The lowest BCUT2D eigenvalue weighted by molar-refractivity contribution is 1.19. The van der Waals surface area contributed by atoms with Gasteiger partial charge in [0.25, 0.3) is 0 Å². The largest absolute Gasteiger partial charge is 0.236 e. The fraction of sp³-hybridized carbons (Fsp3) is 0. The molecule has 1 heterocycles. The van der Waals surface area contributed by atoms with Gasteiger partial charge < -0.3 is 0 Å². The van der Waals surface area contributed by atoms with Gasteiger partial charge in [0.1, 0.15) is 0 Å². The van der Waals surface area contributed by atoms with E-state index < -0.39 is 0 Å². The molecule has 0 atom stereocenters. The summed E-state index contributed by atoms with van der Waals surface area (Å²) in [7, 11) is 0. The minimum atomic E-state index is 0.732. The first-order chi connectivity index (χ1) is 18.9. The van der Waals surface area contributed by atoms with Gasteiger partial charge in [-0.05, 0) is 55.4 Å². The third-order valence-corrected chi connectivity index (χ3v) is 7.18. The van der Waals surface area contributed by atoms with E-state index in [0.717, 1.165) is 33.3 Å². The topological polar surface area (TPSA) is 25.8 Å². The molecule has 0 saturated heterocycles. The van der Waals surface area contributed by atoms with E-state index in [2.05, 4.69) is 115 Å². The maximum absolute atomic E-state index is 4.92. The van der Waals surface area contributed by atoms with E-state index in [4.69, 9.17) is 9.97 Å². The summed E-state index contributed by atoms with van der Waals surface area (Å²) in [5.41, 5.74) is 7.99. The van der Waals surface area contributed by atoms with Crippen LogP contribution < -0.4 is 0 Å². The number of rotatable bonds is 4. The fourth-order valence-corrected chi connectivity index (χ4v) is 5.38. The second-order valence-corrected chi connectivity index (χ2v) is 9.45. The molecule has 38 heavy (non-hydrogen) atoms. The predicted molar refractivity (Wildman–Crippen MR) is 159 cm³/mol. The van der Waals surface area contributed by atoms with Crippen LogP contribution >= 0.6 is 0 Å². The Morgan fingerprint density at radius 3 is 1.39 bits per heavy atom. The van der Waals surface area contributed by atoms with Crippen molar-refractivity contribution < 1.29 is 0 Å². The first-order valence-electron chi connectivity index (χ1n) is 12.8. The number of hydrogen-bond donors (Lipinski definition) is 0. The van der Waals surface area contributed by atoms with Crippen LogP contribution in [0.4, 0.5) is 0 Å². The Hall–Kier alpha value is -5.08. The number of hydrogen-bond acceptors (Lipinski definition) is 2.